The molecule has 0 aromatic heterocycles. The second-order valence-electron chi connectivity index (χ2n) is 2.96. The van der Waals surface area contributed by atoms with Crippen molar-refractivity contribution in [3.63, 3.8) is 0 Å². The molecule has 0 fully saturated rings. The molecule has 0 amide bonds. The van der Waals surface area contributed by atoms with Crippen LogP contribution in [-0.2, 0) is 14.3 Å². The topological polar surface area (TPSA) is 75.6 Å². The van der Waals surface area contributed by atoms with E-state index in [1.165, 1.54) is 7.11 Å². The average Bonchev–Trinajstić information content (AvgIpc) is 2.16. The summed E-state index contributed by atoms with van der Waals surface area (Å²) in [5.41, 5.74) is -0.0289. The molecule has 2 N–H and O–H groups in total. The number of carbonyl (C=O) groups excluding carboxylic acids is 2. The number of aliphatic hydroxyl groups is 1. The van der Waals surface area contributed by atoms with Crippen LogP contribution >= 0.6 is 0 Å². The molecule has 5 heteroatoms. The summed E-state index contributed by atoms with van der Waals surface area (Å²) in [6.45, 7) is 3.65. The van der Waals surface area contributed by atoms with Crippen molar-refractivity contribution in [3.8, 4) is 0 Å². The molecule has 14 heavy (non-hydrogen) atoms. The number of hydrogen-bond acceptors (Lipinski definition) is 5. The molecule has 0 aliphatic carbocycles. The van der Waals surface area contributed by atoms with E-state index in [1.807, 2.05) is 0 Å². The summed E-state index contributed by atoms with van der Waals surface area (Å²) in [6, 6.07) is -0.851. The van der Waals surface area contributed by atoms with E-state index >= 15 is 0 Å². The quantitative estimate of drug-likeness (QED) is 0.598. The number of carbonyl (C=O) groups is 2. The fourth-order valence-corrected chi connectivity index (χ4v) is 1.36. The minimum atomic E-state index is -0.851. The van der Waals surface area contributed by atoms with Crippen LogP contribution in [0.25, 0.3) is 0 Å². The van der Waals surface area contributed by atoms with E-state index in [4.69, 9.17) is 0 Å². The van der Waals surface area contributed by atoms with Crippen LogP contribution in [0.4, 0.5) is 0 Å². The number of hydrogen-bond donors (Lipinski definition) is 2. The van der Waals surface area contributed by atoms with Crippen LogP contribution in [0.2, 0.25) is 0 Å². The summed E-state index contributed by atoms with van der Waals surface area (Å²) in [6.07, 6.45) is 0.314. The van der Waals surface area contributed by atoms with Crippen LogP contribution in [-0.4, -0.2) is 36.6 Å². The monoisotopic (exact) mass is 198 g/mol. The van der Waals surface area contributed by atoms with Gasteiger partial charge in [-0.2, -0.15) is 0 Å². The van der Waals surface area contributed by atoms with Gasteiger partial charge in [0.05, 0.1) is 12.7 Å². The lowest BCUT2D eigenvalue weighted by Gasteiger charge is -2.23. The number of aliphatic hydroxyl groups excluding tert-OH is 1. The van der Waals surface area contributed by atoms with Crippen LogP contribution in [0.5, 0.6) is 0 Å². The normalized spacial score (nSPS) is 22.0. The van der Waals surface area contributed by atoms with Crippen LogP contribution in [0, 0.1) is 6.92 Å². The number of ketones is 1. The highest BCUT2D eigenvalue weighted by atomic mass is 16.5. The summed E-state index contributed by atoms with van der Waals surface area (Å²) in [7, 11) is 1.20. The lowest BCUT2D eigenvalue weighted by atomic mass is 9.97. The van der Waals surface area contributed by atoms with Crippen molar-refractivity contribution in [3.05, 3.63) is 18.3 Å². The lowest BCUT2D eigenvalue weighted by molar-refractivity contribution is -0.137. The Balaban J connectivity index is 3.02. The minimum Gasteiger partial charge on any atom is -0.512 e. The van der Waals surface area contributed by atoms with Gasteiger partial charge in [0.1, 0.15) is 11.8 Å². The van der Waals surface area contributed by atoms with Crippen molar-refractivity contribution in [1.29, 1.82) is 0 Å². The molecule has 0 spiro atoms. The first kappa shape index (κ1) is 10.7. The molecular formula is C9H12NO4. The van der Waals surface area contributed by atoms with Gasteiger partial charge in [-0.3, -0.25) is 4.79 Å². The maximum Gasteiger partial charge on any atom is 0.339 e. The maximum absolute atomic E-state index is 11.2. The van der Waals surface area contributed by atoms with E-state index in [9.17, 15) is 14.7 Å². The molecule has 0 aromatic rings. The molecule has 1 unspecified atom stereocenters. The van der Waals surface area contributed by atoms with Gasteiger partial charge in [0, 0.05) is 19.9 Å². The van der Waals surface area contributed by atoms with E-state index in [0.29, 0.717) is 13.0 Å². The number of ether oxygens (including phenoxy) is 1. The van der Waals surface area contributed by atoms with Crippen molar-refractivity contribution in [1.82, 2.24) is 5.32 Å². The molecule has 5 nitrogen and oxygen atoms in total. The summed E-state index contributed by atoms with van der Waals surface area (Å²) in [4.78, 5) is 22.3. The molecule has 0 bridgehead atoms. The second-order valence-corrected chi connectivity index (χ2v) is 2.96. The molecule has 1 aliphatic rings. The Morgan fingerprint density at radius 2 is 2.29 bits per heavy atom. The SMILES string of the molecule is [CH2]C(=O)C1NCCC(O)=C1C(=O)OC. The Morgan fingerprint density at radius 1 is 1.64 bits per heavy atom. The lowest BCUT2D eigenvalue weighted by Crippen LogP contribution is -2.44. The van der Waals surface area contributed by atoms with Crippen molar-refractivity contribution in [2.45, 2.75) is 12.5 Å². The molecule has 0 saturated carbocycles. The Labute approximate surface area is 81.7 Å². The predicted molar refractivity (Wildman–Crippen MR) is 48.4 cm³/mol. The van der Waals surface area contributed by atoms with Gasteiger partial charge in [-0.05, 0) is 0 Å². The first-order chi connectivity index (χ1) is 6.57. The van der Waals surface area contributed by atoms with Gasteiger partial charge in [0.25, 0.3) is 0 Å². The Kier molecular flexibility index (Phi) is 3.24. The molecule has 0 aromatic carbocycles. The molecule has 77 valence electrons. The third kappa shape index (κ3) is 1.93. The van der Waals surface area contributed by atoms with Crippen molar-refractivity contribution >= 4 is 11.8 Å². The number of methoxy groups -OCH3 is 1. The summed E-state index contributed by atoms with van der Waals surface area (Å²) < 4.78 is 4.46. The van der Waals surface area contributed by atoms with E-state index < -0.39 is 17.8 Å². The molecule has 1 heterocycles. The van der Waals surface area contributed by atoms with Gasteiger partial charge >= 0.3 is 5.97 Å². The molecule has 1 rings (SSSR count). The van der Waals surface area contributed by atoms with Gasteiger partial charge in [0.15, 0.2) is 5.78 Å². The van der Waals surface area contributed by atoms with Crippen LogP contribution in [0.3, 0.4) is 0 Å². The zero-order chi connectivity index (χ0) is 10.7. The highest BCUT2D eigenvalue weighted by Gasteiger charge is 2.31. The average molecular weight is 198 g/mol. The Morgan fingerprint density at radius 3 is 2.79 bits per heavy atom. The van der Waals surface area contributed by atoms with E-state index in [2.05, 4.69) is 17.0 Å². The second kappa shape index (κ2) is 4.23. The van der Waals surface area contributed by atoms with Crippen molar-refractivity contribution < 1.29 is 19.4 Å². The zero-order valence-electron chi connectivity index (χ0n) is 7.87. The fourth-order valence-electron chi connectivity index (χ4n) is 1.36. The smallest absolute Gasteiger partial charge is 0.339 e. The Bertz CT molecular complexity index is 295. The largest absolute Gasteiger partial charge is 0.512 e. The Hall–Kier alpha value is -1.36. The van der Waals surface area contributed by atoms with Gasteiger partial charge in [-0.25, -0.2) is 4.79 Å². The summed E-state index contributed by atoms with van der Waals surface area (Å²) >= 11 is 0. The van der Waals surface area contributed by atoms with Gasteiger partial charge in [-0.1, -0.05) is 0 Å². The van der Waals surface area contributed by atoms with Gasteiger partial charge in [0.2, 0.25) is 0 Å². The third-order valence-electron chi connectivity index (χ3n) is 2.04. The zero-order valence-corrected chi connectivity index (χ0v) is 7.87. The predicted octanol–water partition coefficient (Wildman–Crippen LogP) is -0.263. The summed E-state index contributed by atoms with van der Waals surface area (Å²) in [5.74, 6) is -1.26. The van der Waals surface area contributed by atoms with E-state index in [-0.39, 0.29) is 11.3 Å². The maximum atomic E-state index is 11.2. The van der Waals surface area contributed by atoms with Crippen LogP contribution < -0.4 is 5.32 Å². The minimum absolute atomic E-state index is 0.0289. The molecule has 1 aliphatic heterocycles. The number of rotatable bonds is 2. The third-order valence-corrected chi connectivity index (χ3v) is 2.04. The molecule has 1 atom stereocenters. The highest BCUT2D eigenvalue weighted by molar-refractivity contribution is 6.02. The summed E-state index contributed by atoms with van der Waals surface area (Å²) in [5, 5.41) is 12.2. The number of Topliss-reactive ketones (excluding diaryl/α,β-unsaturated/α-hetero) is 1. The molecule has 0 saturated heterocycles. The number of nitrogens with one attached hydrogen (secondary N) is 1. The van der Waals surface area contributed by atoms with E-state index in [1.54, 1.807) is 0 Å². The molecule has 1 radical (unpaired) electrons. The first-order valence-electron chi connectivity index (χ1n) is 4.17. The van der Waals surface area contributed by atoms with E-state index in [0.717, 1.165) is 0 Å². The van der Waals surface area contributed by atoms with Crippen molar-refractivity contribution in [2.75, 3.05) is 13.7 Å². The number of esters is 1. The van der Waals surface area contributed by atoms with Crippen LogP contribution in [0.15, 0.2) is 11.3 Å². The van der Waals surface area contributed by atoms with Crippen LogP contribution in [0.1, 0.15) is 6.42 Å². The molecular weight excluding hydrogens is 186 g/mol. The standard InChI is InChI=1S/C9H12NO4/c1-5(11)8-7(9(13)14-2)6(12)3-4-10-8/h8,10,12H,1,3-4H2,2H3. The van der Waals surface area contributed by atoms with Crippen molar-refractivity contribution in [2.24, 2.45) is 0 Å². The van der Waals surface area contributed by atoms with Gasteiger partial charge < -0.3 is 15.2 Å². The highest BCUT2D eigenvalue weighted by Crippen LogP contribution is 2.17. The fraction of sp³-hybridized carbons (Fsp3) is 0.444. The van der Waals surface area contributed by atoms with Gasteiger partial charge in [-0.15, -0.1) is 0 Å². The first-order valence-corrected chi connectivity index (χ1v) is 4.17.